The van der Waals surface area contributed by atoms with E-state index in [0.29, 0.717) is 0 Å². The third-order valence-corrected chi connectivity index (χ3v) is 2.18. The fraction of sp³-hybridized carbons (Fsp3) is 0.333. The summed E-state index contributed by atoms with van der Waals surface area (Å²) in [6, 6.07) is 3.52. The number of nitrogens with two attached hydrogens (primary N) is 1. The molecule has 0 saturated heterocycles. The van der Waals surface area contributed by atoms with Gasteiger partial charge in [0.2, 0.25) is 0 Å². The lowest BCUT2D eigenvalue weighted by Gasteiger charge is -2.16. The third kappa shape index (κ3) is 2.18. The Morgan fingerprint density at radius 1 is 1.54 bits per heavy atom. The Kier molecular flexibility index (Phi) is 3.25. The molecule has 1 aromatic carbocycles. The fourth-order valence-electron chi connectivity index (χ4n) is 1.07. The van der Waals surface area contributed by atoms with Gasteiger partial charge < -0.3 is 10.8 Å². The molecule has 0 fully saturated rings. The summed E-state index contributed by atoms with van der Waals surface area (Å²) in [7, 11) is 0. The smallest absolute Gasteiger partial charge is 0.129 e. The van der Waals surface area contributed by atoms with Crippen molar-refractivity contribution in [3.8, 4) is 0 Å². The first-order valence-corrected chi connectivity index (χ1v) is 4.29. The number of aliphatic hydroxyl groups is 1. The van der Waals surface area contributed by atoms with Gasteiger partial charge in [-0.05, 0) is 19.1 Å². The van der Waals surface area contributed by atoms with E-state index < -0.39 is 18.0 Å². The van der Waals surface area contributed by atoms with Gasteiger partial charge in [-0.1, -0.05) is 17.7 Å². The first-order chi connectivity index (χ1) is 6.04. The van der Waals surface area contributed by atoms with Crippen LogP contribution in [0.2, 0.25) is 5.02 Å². The molecule has 0 saturated carbocycles. The van der Waals surface area contributed by atoms with Crippen LogP contribution in [-0.4, -0.2) is 11.2 Å². The van der Waals surface area contributed by atoms with Crippen molar-refractivity contribution in [3.05, 3.63) is 34.6 Å². The predicted molar refractivity (Wildman–Crippen MR) is 50.0 cm³/mol. The second-order valence-electron chi connectivity index (χ2n) is 2.90. The zero-order valence-corrected chi connectivity index (χ0v) is 7.92. The van der Waals surface area contributed by atoms with Crippen LogP contribution in [0, 0.1) is 5.82 Å². The Labute approximate surface area is 81.1 Å². The van der Waals surface area contributed by atoms with Crippen molar-refractivity contribution >= 4 is 11.6 Å². The Morgan fingerprint density at radius 2 is 2.15 bits per heavy atom. The predicted octanol–water partition coefficient (Wildman–Crippen LogP) is 1.86. The number of hydrogen-bond acceptors (Lipinski definition) is 2. The standard InChI is InChI=1S/C9H11ClFNO/c1-5(13)9(12)8-6(10)3-2-4-7(8)11/h2-5,9,13H,12H2,1H3/t5?,9-/m0/s1. The zero-order valence-electron chi connectivity index (χ0n) is 7.17. The number of benzene rings is 1. The largest absolute Gasteiger partial charge is 0.391 e. The molecule has 1 rings (SSSR count). The molecule has 0 aliphatic rings. The summed E-state index contributed by atoms with van der Waals surface area (Å²) in [4.78, 5) is 0. The maximum atomic E-state index is 13.2. The first kappa shape index (κ1) is 10.4. The summed E-state index contributed by atoms with van der Waals surface area (Å²) in [6.07, 6.45) is -0.825. The molecule has 2 nitrogen and oxygen atoms in total. The van der Waals surface area contributed by atoms with Crippen molar-refractivity contribution in [1.82, 2.24) is 0 Å². The zero-order chi connectivity index (χ0) is 10.0. The van der Waals surface area contributed by atoms with Crippen LogP contribution in [0.3, 0.4) is 0 Å². The van der Waals surface area contributed by atoms with E-state index in [-0.39, 0.29) is 10.6 Å². The Hall–Kier alpha value is -0.640. The lowest BCUT2D eigenvalue weighted by molar-refractivity contribution is 0.162. The van der Waals surface area contributed by atoms with Gasteiger partial charge in [0.1, 0.15) is 5.82 Å². The second kappa shape index (κ2) is 4.05. The average molecular weight is 204 g/mol. The molecule has 0 bridgehead atoms. The molecular weight excluding hydrogens is 193 g/mol. The molecule has 3 N–H and O–H groups in total. The van der Waals surface area contributed by atoms with Gasteiger partial charge in [0.15, 0.2) is 0 Å². The summed E-state index contributed by atoms with van der Waals surface area (Å²) in [6.45, 7) is 1.49. The van der Waals surface area contributed by atoms with Crippen molar-refractivity contribution in [2.24, 2.45) is 5.73 Å². The van der Waals surface area contributed by atoms with Crippen LogP contribution in [0.5, 0.6) is 0 Å². The average Bonchev–Trinajstić information content (AvgIpc) is 2.03. The number of halogens is 2. The minimum atomic E-state index is -0.825. The monoisotopic (exact) mass is 203 g/mol. The van der Waals surface area contributed by atoms with Gasteiger partial charge in [-0.15, -0.1) is 0 Å². The maximum Gasteiger partial charge on any atom is 0.129 e. The summed E-state index contributed by atoms with van der Waals surface area (Å²) in [5.74, 6) is -0.485. The molecule has 1 aromatic rings. The minimum absolute atomic E-state index is 0.166. The van der Waals surface area contributed by atoms with E-state index in [4.69, 9.17) is 17.3 Å². The van der Waals surface area contributed by atoms with Crippen LogP contribution < -0.4 is 5.73 Å². The Bertz CT molecular complexity index is 283. The first-order valence-electron chi connectivity index (χ1n) is 3.91. The van der Waals surface area contributed by atoms with E-state index in [2.05, 4.69) is 0 Å². The molecule has 0 heterocycles. The third-order valence-electron chi connectivity index (χ3n) is 1.85. The highest BCUT2D eigenvalue weighted by Crippen LogP contribution is 2.26. The molecule has 13 heavy (non-hydrogen) atoms. The molecule has 4 heteroatoms. The maximum absolute atomic E-state index is 13.2. The highest BCUT2D eigenvalue weighted by molar-refractivity contribution is 6.31. The van der Waals surface area contributed by atoms with E-state index in [1.165, 1.54) is 19.1 Å². The Balaban J connectivity index is 3.12. The van der Waals surface area contributed by atoms with Gasteiger partial charge >= 0.3 is 0 Å². The van der Waals surface area contributed by atoms with Crippen LogP contribution in [0.1, 0.15) is 18.5 Å². The normalized spacial score (nSPS) is 15.5. The van der Waals surface area contributed by atoms with Crippen LogP contribution in [0.25, 0.3) is 0 Å². The fourth-order valence-corrected chi connectivity index (χ4v) is 1.36. The van der Waals surface area contributed by atoms with Crippen LogP contribution in [0.4, 0.5) is 4.39 Å². The molecule has 0 aliphatic carbocycles. The highest BCUT2D eigenvalue weighted by Gasteiger charge is 2.18. The molecule has 0 amide bonds. The molecule has 0 radical (unpaired) electrons. The quantitative estimate of drug-likeness (QED) is 0.771. The van der Waals surface area contributed by atoms with Crippen LogP contribution in [0.15, 0.2) is 18.2 Å². The van der Waals surface area contributed by atoms with Gasteiger partial charge in [0.25, 0.3) is 0 Å². The summed E-state index contributed by atoms with van der Waals surface area (Å²) in [5, 5.41) is 9.42. The Morgan fingerprint density at radius 3 is 2.62 bits per heavy atom. The van der Waals surface area contributed by atoms with E-state index in [9.17, 15) is 9.50 Å². The second-order valence-corrected chi connectivity index (χ2v) is 3.31. The van der Waals surface area contributed by atoms with Gasteiger partial charge in [-0.25, -0.2) is 4.39 Å². The molecule has 1 unspecified atom stereocenters. The molecule has 0 spiro atoms. The van der Waals surface area contributed by atoms with E-state index in [0.717, 1.165) is 0 Å². The number of rotatable bonds is 2. The lowest BCUT2D eigenvalue weighted by atomic mass is 10.0. The van der Waals surface area contributed by atoms with Crippen molar-refractivity contribution < 1.29 is 9.50 Å². The van der Waals surface area contributed by atoms with Crippen molar-refractivity contribution in [2.45, 2.75) is 19.1 Å². The lowest BCUT2D eigenvalue weighted by Crippen LogP contribution is -2.24. The summed E-state index contributed by atoms with van der Waals surface area (Å²) < 4.78 is 13.2. The van der Waals surface area contributed by atoms with Gasteiger partial charge in [-0.2, -0.15) is 0 Å². The van der Waals surface area contributed by atoms with Gasteiger partial charge in [0, 0.05) is 10.6 Å². The SMILES string of the molecule is CC(O)[C@H](N)c1c(F)cccc1Cl. The van der Waals surface area contributed by atoms with E-state index in [1.807, 2.05) is 0 Å². The summed E-state index contributed by atoms with van der Waals surface area (Å²) in [5.41, 5.74) is 5.73. The van der Waals surface area contributed by atoms with Crippen molar-refractivity contribution in [1.29, 1.82) is 0 Å². The van der Waals surface area contributed by atoms with Crippen molar-refractivity contribution in [2.75, 3.05) is 0 Å². The van der Waals surface area contributed by atoms with E-state index in [1.54, 1.807) is 6.07 Å². The van der Waals surface area contributed by atoms with Crippen molar-refractivity contribution in [3.63, 3.8) is 0 Å². The number of hydrogen-bond donors (Lipinski definition) is 2. The topological polar surface area (TPSA) is 46.2 Å². The van der Waals surface area contributed by atoms with Crippen LogP contribution in [-0.2, 0) is 0 Å². The molecule has 0 aromatic heterocycles. The minimum Gasteiger partial charge on any atom is -0.391 e. The van der Waals surface area contributed by atoms with Gasteiger partial charge in [-0.3, -0.25) is 0 Å². The molecular formula is C9H11ClFNO. The molecule has 2 atom stereocenters. The molecule has 72 valence electrons. The van der Waals surface area contributed by atoms with Crippen LogP contribution >= 0.6 is 11.6 Å². The molecule has 0 aliphatic heterocycles. The van der Waals surface area contributed by atoms with Gasteiger partial charge in [0.05, 0.1) is 12.1 Å². The number of aliphatic hydroxyl groups excluding tert-OH is 1. The summed E-state index contributed by atoms with van der Waals surface area (Å²) >= 11 is 5.74. The van der Waals surface area contributed by atoms with E-state index >= 15 is 0 Å². The highest BCUT2D eigenvalue weighted by atomic mass is 35.5.